The second-order valence-electron chi connectivity index (χ2n) is 3.03. The molecule has 0 fully saturated rings. The maximum absolute atomic E-state index is 11.1. The van der Waals surface area contributed by atoms with Crippen molar-refractivity contribution in [3.8, 4) is 0 Å². The number of carbonyl (C=O) groups excluding carboxylic acids is 1. The van der Waals surface area contributed by atoms with Crippen LogP contribution in [0, 0.1) is 0 Å². The molecule has 1 aliphatic rings. The zero-order chi connectivity index (χ0) is 9.52. The minimum Gasteiger partial charge on any atom is -0.461 e. The van der Waals surface area contributed by atoms with E-state index in [0.29, 0.717) is 12.3 Å². The molecular weight excluding hydrogens is 166 g/mol. The van der Waals surface area contributed by atoms with E-state index in [0.717, 1.165) is 12.8 Å². The summed E-state index contributed by atoms with van der Waals surface area (Å²) >= 11 is 0. The topological polar surface area (TPSA) is 38.7 Å². The summed E-state index contributed by atoms with van der Waals surface area (Å²) in [5.74, 6) is -0.293. The Hall–Kier alpha value is -1.12. The van der Waals surface area contributed by atoms with Gasteiger partial charge in [0.25, 0.3) is 0 Å². The van der Waals surface area contributed by atoms with E-state index < -0.39 is 0 Å². The molecule has 0 amide bonds. The summed E-state index contributed by atoms with van der Waals surface area (Å²) in [6, 6.07) is 0. The van der Waals surface area contributed by atoms with Gasteiger partial charge in [-0.1, -0.05) is 26.2 Å². The first kappa shape index (κ1) is 9.96. The van der Waals surface area contributed by atoms with E-state index in [1.165, 1.54) is 12.8 Å². The van der Waals surface area contributed by atoms with E-state index in [9.17, 15) is 4.79 Å². The van der Waals surface area contributed by atoms with E-state index >= 15 is 0 Å². The first-order chi connectivity index (χ1) is 6.34. The Kier molecular flexibility index (Phi) is 4.23. The highest BCUT2D eigenvalue weighted by Crippen LogP contribution is 2.02. The number of esters is 1. The number of hydrogen-bond donors (Lipinski definition) is 0. The summed E-state index contributed by atoms with van der Waals surface area (Å²) in [5.41, 5.74) is 0.440. The molecule has 0 aromatic carbocycles. The molecular formula is C10H15NO2. The lowest BCUT2D eigenvalue weighted by molar-refractivity contribution is -0.135. The third-order valence-electron chi connectivity index (χ3n) is 1.89. The fourth-order valence-corrected chi connectivity index (χ4v) is 1.04. The fraction of sp³-hybridized carbons (Fsp3) is 0.600. The molecule has 0 atom stereocenters. The van der Waals surface area contributed by atoms with E-state index in [2.05, 4.69) is 11.9 Å². The predicted octanol–water partition coefficient (Wildman–Crippen LogP) is 2.08. The lowest BCUT2D eigenvalue weighted by Crippen LogP contribution is -2.18. The molecule has 13 heavy (non-hydrogen) atoms. The predicted molar refractivity (Wildman–Crippen MR) is 51.7 cm³/mol. The van der Waals surface area contributed by atoms with Crippen molar-refractivity contribution in [3.05, 3.63) is 12.3 Å². The van der Waals surface area contributed by atoms with Crippen molar-refractivity contribution in [2.24, 2.45) is 4.99 Å². The zero-order valence-corrected chi connectivity index (χ0v) is 7.95. The van der Waals surface area contributed by atoms with Crippen LogP contribution in [0.3, 0.4) is 0 Å². The summed E-state index contributed by atoms with van der Waals surface area (Å²) in [5, 5.41) is 0. The third-order valence-corrected chi connectivity index (χ3v) is 1.89. The number of carbonyl (C=O) groups is 1. The van der Waals surface area contributed by atoms with Crippen molar-refractivity contribution in [1.82, 2.24) is 0 Å². The Bertz CT molecular complexity index is 231. The number of rotatable bonds is 6. The van der Waals surface area contributed by atoms with Crippen LogP contribution in [0.1, 0.15) is 32.6 Å². The van der Waals surface area contributed by atoms with Crippen LogP contribution in [-0.2, 0) is 9.53 Å². The molecule has 0 spiro atoms. The molecule has 0 aromatic heterocycles. The molecule has 0 saturated heterocycles. The molecule has 72 valence electrons. The zero-order valence-electron chi connectivity index (χ0n) is 7.95. The van der Waals surface area contributed by atoms with E-state index in [-0.39, 0.29) is 5.97 Å². The van der Waals surface area contributed by atoms with Crippen LogP contribution in [0.15, 0.2) is 17.3 Å². The van der Waals surface area contributed by atoms with E-state index in [4.69, 9.17) is 4.74 Å². The fourth-order valence-electron chi connectivity index (χ4n) is 1.04. The maximum Gasteiger partial charge on any atom is 0.356 e. The van der Waals surface area contributed by atoms with Gasteiger partial charge in [0.15, 0.2) is 0 Å². The second kappa shape index (κ2) is 5.51. The van der Waals surface area contributed by atoms with E-state index in [1.54, 1.807) is 12.3 Å². The largest absolute Gasteiger partial charge is 0.461 e. The van der Waals surface area contributed by atoms with Crippen molar-refractivity contribution < 1.29 is 9.53 Å². The molecule has 0 unspecified atom stereocenters. The van der Waals surface area contributed by atoms with Gasteiger partial charge in [0.1, 0.15) is 5.71 Å². The molecule has 0 aromatic rings. The second-order valence-corrected chi connectivity index (χ2v) is 3.03. The Balaban J connectivity index is 1.96. The Morgan fingerprint density at radius 1 is 1.46 bits per heavy atom. The van der Waals surface area contributed by atoms with Crippen molar-refractivity contribution in [3.63, 3.8) is 0 Å². The first-order valence-corrected chi connectivity index (χ1v) is 4.76. The minimum absolute atomic E-state index is 0.293. The normalized spacial score (nSPS) is 13.5. The summed E-state index contributed by atoms with van der Waals surface area (Å²) in [6.07, 6.45) is 7.74. The minimum atomic E-state index is -0.293. The summed E-state index contributed by atoms with van der Waals surface area (Å²) in [7, 11) is 0. The van der Waals surface area contributed by atoms with Crippen LogP contribution < -0.4 is 0 Å². The van der Waals surface area contributed by atoms with Gasteiger partial charge in [-0.2, -0.15) is 0 Å². The van der Waals surface area contributed by atoms with Gasteiger partial charge in [-0.05, 0) is 12.5 Å². The van der Waals surface area contributed by atoms with Crippen molar-refractivity contribution >= 4 is 11.7 Å². The van der Waals surface area contributed by atoms with Gasteiger partial charge in [0.2, 0.25) is 0 Å². The van der Waals surface area contributed by atoms with Gasteiger partial charge in [-0.3, -0.25) is 0 Å². The number of unbranched alkanes of at least 4 members (excludes halogenated alkanes) is 3. The Morgan fingerprint density at radius 3 is 2.77 bits per heavy atom. The quantitative estimate of drug-likeness (QED) is 0.465. The van der Waals surface area contributed by atoms with Crippen molar-refractivity contribution in [1.29, 1.82) is 0 Å². The van der Waals surface area contributed by atoms with Crippen molar-refractivity contribution in [2.75, 3.05) is 6.61 Å². The first-order valence-electron chi connectivity index (χ1n) is 4.76. The highest BCUT2D eigenvalue weighted by molar-refractivity contribution is 6.43. The van der Waals surface area contributed by atoms with E-state index in [1.807, 2.05) is 0 Å². The van der Waals surface area contributed by atoms with Crippen LogP contribution in [0.2, 0.25) is 0 Å². The molecule has 1 heterocycles. The SMILES string of the molecule is CCCCCCOC(=O)C1=NC=C1. The standard InChI is InChI=1S/C10H15NO2/c1-2-3-4-5-8-13-10(12)9-6-7-11-9/h6-7H,2-5,8H2,1H3. The smallest absolute Gasteiger partial charge is 0.356 e. The van der Waals surface area contributed by atoms with Crippen molar-refractivity contribution in [2.45, 2.75) is 32.6 Å². The van der Waals surface area contributed by atoms with Gasteiger partial charge in [-0.25, -0.2) is 9.79 Å². The number of nitrogens with zero attached hydrogens (tertiary/aromatic N) is 1. The highest BCUT2D eigenvalue weighted by atomic mass is 16.5. The monoisotopic (exact) mass is 181 g/mol. The molecule has 1 rings (SSSR count). The average molecular weight is 181 g/mol. The Morgan fingerprint density at radius 2 is 2.23 bits per heavy atom. The lowest BCUT2D eigenvalue weighted by Gasteiger charge is -2.06. The number of ether oxygens (including phenoxy) is 1. The third kappa shape index (κ3) is 3.40. The molecule has 3 heteroatoms. The van der Waals surface area contributed by atoms with Crippen LogP contribution >= 0.6 is 0 Å². The molecule has 0 aliphatic carbocycles. The van der Waals surface area contributed by atoms with Crippen LogP contribution in [-0.4, -0.2) is 18.3 Å². The average Bonchev–Trinajstić information content (AvgIpc) is 2.01. The summed E-state index contributed by atoms with van der Waals surface area (Å²) < 4.78 is 4.97. The molecule has 0 N–H and O–H groups in total. The van der Waals surface area contributed by atoms with Gasteiger partial charge in [-0.15, -0.1) is 0 Å². The maximum atomic E-state index is 11.1. The molecule has 1 aliphatic heterocycles. The Labute approximate surface area is 78.5 Å². The lowest BCUT2D eigenvalue weighted by atomic mass is 10.2. The number of hydrogen-bond acceptors (Lipinski definition) is 3. The summed E-state index contributed by atoms with van der Waals surface area (Å²) in [4.78, 5) is 14.8. The van der Waals surface area contributed by atoms with Gasteiger partial charge < -0.3 is 4.74 Å². The molecule has 0 saturated carbocycles. The van der Waals surface area contributed by atoms with Gasteiger partial charge in [0.05, 0.1) is 6.61 Å². The molecule has 3 nitrogen and oxygen atoms in total. The van der Waals surface area contributed by atoms with Gasteiger partial charge in [0, 0.05) is 6.20 Å². The summed E-state index contributed by atoms with van der Waals surface area (Å²) in [6.45, 7) is 2.67. The van der Waals surface area contributed by atoms with Crippen LogP contribution in [0.4, 0.5) is 0 Å². The molecule has 0 radical (unpaired) electrons. The van der Waals surface area contributed by atoms with Crippen LogP contribution in [0.5, 0.6) is 0 Å². The van der Waals surface area contributed by atoms with Gasteiger partial charge >= 0.3 is 5.97 Å². The van der Waals surface area contributed by atoms with Crippen LogP contribution in [0.25, 0.3) is 0 Å². The highest BCUT2D eigenvalue weighted by Gasteiger charge is 2.12. The molecule has 0 bridgehead atoms. The number of aliphatic imine (C=N–C) groups is 1.